The minimum atomic E-state index is 0.292. The van der Waals surface area contributed by atoms with E-state index in [1.54, 1.807) is 6.20 Å². The van der Waals surface area contributed by atoms with Gasteiger partial charge >= 0.3 is 0 Å². The van der Waals surface area contributed by atoms with Crippen LogP contribution in [-0.4, -0.2) is 22.6 Å². The quantitative estimate of drug-likeness (QED) is 0.910. The fourth-order valence-corrected chi connectivity index (χ4v) is 2.77. The molecule has 3 rings (SSSR count). The molecule has 1 aromatic heterocycles. The highest BCUT2D eigenvalue weighted by molar-refractivity contribution is 9.10. The molecular formula is C14H16BrN3O2. The molecule has 2 aromatic rings. The second kappa shape index (κ2) is 5.85. The summed E-state index contributed by atoms with van der Waals surface area (Å²) in [6.07, 6.45) is 3.76. The number of nitrogens with one attached hydrogen (secondary N) is 1. The lowest BCUT2D eigenvalue weighted by molar-refractivity contribution is 0.173. The summed E-state index contributed by atoms with van der Waals surface area (Å²) in [6, 6.07) is 6.34. The molecule has 1 N–H and O–H groups in total. The van der Waals surface area contributed by atoms with Gasteiger partial charge < -0.3 is 14.8 Å². The van der Waals surface area contributed by atoms with Crippen LogP contribution < -0.4 is 14.8 Å². The van der Waals surface area contributed by atoms with Gasteiger partial charge in [-0.1, -0.05) is 0 Å². The molecule has 6 heteroatoms. The van der Waals surface area contributed by atoms with Crippen LogP contribution in [0.1, 0.15) is 12.5 Å². The van der Waals surface area contributed by atoms with Gasteiger partial charge in [0.1, 0.15) is 0 Å². The molecule has 106 valence electrons. The van der Waals surface area contributed by atoms with Crippen LogP contribution >= 0.6 is 15.9 Å². The van der Waals surface area contributed by atoms with E-state index >= 15 is 0 Å². The third-order valence-corrected chi connectivity index (χ3v) is 3.75. The van der Waals surface area contributed by atoms with Crippen molar-refractivity contribution in [2.45, 2.75) is 26.1 Å². The number of fused-ring (bicyclic) bond motifs is 1. The highest BCUT2D eigenvalue weighted by atomic mass is 79.9. The number of rotatable bonds is 5. The SMILES string of the molecule is CC(Cn1cccn1)NCc1cc(Br)c2c(c1)OCO2. The van der Waals surface area contributed by atoms with Crippen molar-refractivity contribution in [3.8, 4) is 11.5 Å². The lowest BCUT2D eigenvalue weighted by Gasteiger charge is -2.14. The van der Waals surface area contributed by atoms with Crippen molar-refractivity contribution in [1.29, 1.82) is 0 Å². The molecule has 1 aromatic carbocycles. The zero-order valence-corrected chi connectivity index (χ0v) is 12.8. The molecule has 1 aliphatic heterocycles. The molecule has 5 nitrogen and oxygen atoms in total. The zero-order chi connectivity index (χ0) is 13.9. The van der Waals surface area contributed by atoms with Crippen molar-refractivity contribution in [1.82, 2.24) is 15.1 Å². The first-order valence-electron chi connectivity index (χ1n) is 6.51. The Morgan fingerprint density at radius 2 is 2.35 bits per heavy atom. The molecule has 1 atom stereocenters. The molecule has 1 unspecified atom stereocenters. The number of aromatic nitrogens is 2. The van der Waals surface area contributed by atoms with Crippen LogP contribution in [-0.2, 0) is 13.1 Å². The number of hydrogen-bond acceptors (Lipinski definition) is 4. The van der Waals surface area contributed by atoms with Crippen LogP contribution in [0.3, 0.4) is 0 Å². The Bertz CT molecular complexity index is 586. The third-order valence-electron chi connectivity index (χ3n) is 3.16. The fourth-order valence-electron chi connectivity index (χ4n) is 2.17. The summed E-state index contributed by atoms with van der Waals surface area (Å²) in [5, 5.41) is 7.68. The summed E-state index contributed by atoms with van der Waals surface area (Å²) in [5.74, 6) is 1.59. The third kappa shape index (κ3) is 2.96. The van der Waals surface area contributed by atoms with Crippen molar-refractivity contribution in [2.75, 3.05) is 6.79 Å². The minimum absolute atomic E-state index is 0.292. The van der Waals surface area contributed by atoms with Gasteiger partial charge in [0.15, 0.2) is 11.5 Å². The van der Waals surface area contributed by atoms with Crippen LogP contribution in [0.4, 0.5) is 0 Å². The van der Waals surface area contributed by atoms with Gasteiger partial charge in [-0.2, -0.15) is 5.10 Å². The molecule has 0 saturated carbocycles. The maximum atomic E-state index is 5.42. The van der Waals surface area contributed by atoms with Crippen molar-refractivity contribution in [3.63, 3.8) is 0 Å². The lowest BCUT2D eigenvalue weighted by Crippen LogP contribution is -2.30. The second-order valence-electron chi connectivity index (χ2n) is 4.82. The Morgan fingerprint density at radius 1 is 1.45 bits per heavy atom. The molecule has 0 saturated heterocycles. The molecule has 1 aliphatic rings. The second-order valence-corrected chi connectivity index (χ2v) is 5.68. The van der Waals surface area contributed by atoms with Crippen LogP contribution in [0, 0.1) is 0 Å². The van der Waals surface area contributed by atoms with Gasteiger partial charge in [-0.05, 0) is 46.6 Å². The Labute approximate surface area is 126 Å². The van der Waals surface area contributed by atoms with Gasteiger partial charge in [-0.15, -0.1) is 0 Å². The van der Waals surface area contributed by atoms with E-state index < -0.39 is 0 Å². The van der Waals surface area contributed by atoms with Gasteiger partial charge in [0.2, 0.25) is 6.79 Å². The minimum Gasteiger partial charge on any atom is -0.454 e. The number of benzene rings is 1. The van der Waals surface area contributed by atoms with E-state index in [0.717, 1.165) is 34.6 Å². The Kier molecular flexibility index (Phi) is 3.93. The number of ether oxygens (including phenoxy) is 2. The van der Waals surface area contributed by atoms with Gasteiger partial charge in [-0.25, -0.2) is 0 Å². The summed E-state index contributed by atoms with van der Waals surface area (Å²) in [6.45, 7) is 4.06. The molecular weight excluding hydrogens is 322 g/mol. The Morgan fingerprint density at radius 3 is 3.15 bits per heavy atom. The summed E-state index contributed by atoms with van der Waals surface area (Å²) >= 11 is 3.51. The highest BCUT2D eigenvalue weighted by Crippen LogP contribution is 2.39. The molecule has 0 amide bonds. The molecule has 0 fully saturated rings. The standard InChI is InChI=1S/C14H16BrN3O2/c1-10(8-18-4-2-3-17-18)16-7-11-5-12(15)14-13(6-11)19-9-20-14/h2-6,10,16H,7-9H2,1H3. The number of hydrogen-bond donors (Lipinski definition) is 1. The summed E-state index contributed by atoms with van der Waals surface area (Å²) in [5.41, 5.74) is 1.16. The predicted octanol–water partition coefficient (Wildman–Crippen LogP) is 2.55. The summed E-state index contributed by atoms with van der Waals surface area (Å²) in [7, 11) is 0. The van der Waals surface area contributed by atoms with Gasteiger partial charge in [0.25, 0.3) is 0 Å². The average molecular weight is 338 g/mol. The van der Waals surface area contributed by atoms with Gasteiger partial charge in [0.05, 0.1) is 11.0 Å². The van der Waals surface area contributed by atoms with Crippen molar-refractivity contribution < 1.29 is 9.47 Å². The molecule has 2 heterocycles. The van der Waals surface area contributed by atoms with E-state index in [1.807, 2.05) is 23.0 Å². The van der Waals surface area contributed by atoms with Gasteiger partial charge in [-0.3, -0.25) is 4.68 Å². The van der Waals surface area contributed by atoms with Crippen molar-refractivity contribution in [2.24, 2.45) is 0 Å². The molecule has 0 aliphatic carbocycles. The van der Waals surface area contributed by atoms with Crippen LogP contribution in [0.15, 0.2) is 35.1 Å². The summed E-state index contributed by atoms with van der Waals surface area (Å²) < 4.78 is 13.7. The van der Waals surface area contributed by atoms with E-state index in [9.17, 15) is 0 Å². The Hall–Kier alpha value is -1.53. The van der Waals surface area contributed by atoms with Crippen LogP contribution in [0.25, 0.3) is 0 Å². The predicted molar refractivity (Wildman–Crippen MR) is 78.8 cm³/mol. The Balaban J connectivity index is 1.59. The monoisotopic (exact) mass is 337 g/mol. The number of nitrogens with zero attached hydrogens (tertiary/aromatic N) is 2. The maximum absolute atomic E-state index is 5.42. The van der Waals surface area contributed by atoms with E-state index in [0.29, 0.717) is 12.8 Å². The molecule has 20 heavy (non-hydrogen) atoms. The molecule has 0 spiro atoms. The molecule has 0 radical (unpaired) electrons. The van der Waals surface area contributed by atoms with E-state index in [-0.39, 0.29) is 0 Å². The van der Waals surface area contributed by atoms with Crippen molar-refractivity contribution in [3.05, 3.63) is 40.6 Å². The van der Waals surface area contributed by atoms with Crippen molar-refractivity contribution >= 4 is 15.9 Å². The average Bonchev–Trinajstić information content (AvgIpc) is 3.07. The fraction of sp³-hybridized carbons (Fsp3) is 0.357. The van der Waals surface area contributed by atoms with Crippen LogP contribution in [0.2, 0.25) is 0 Å². The molecule has 0 bridgehead atoms. The zero-order valence-electron chi connectivity index (χ0n) is 11.2. The normalized spacial score (nSPS) is 14.5. The topological polar surface area (TPSA) is 48.3 Å². The van der Waals surface area contributed by atoms with Gasteiger partial charge in [0, 0.05) is 25.0 Å². The first-order valence-corrected chi connectivity index (χ1v) is 7.30. The number of halogens is 1. The van der Waals surface area contributed by atoms with E-state index in [1.165, 1.54) is 0 Å². The van der Waals surface area contributed by atoms with E-state index in [4.69, 9.17) is 9.47 Å². The first kappa shape index (κ1) is 13.5. The smallest absolute Gasteiger partial charge is 0.231 e. The highest BCUT2D eigenvalue weighted by Gasteiger charge is 2.18. The van der Waals surface area contributed by atoms with Crippen LogP contribution in [0.5, 0.6) is 11.5 Å². The summed E-state index contributed by atoms with van der Waals surface area (Å²) in [4.78, 5) is 0. The largest absolute Gasteiger partial charge is 0.454 e. The maximum Gasteiger partial charge on any atom is 0.231 e. The lowest BCUT2D eigenvalue weighted by atomic mass is 10.2. The van der Waals surface area contributed by atoms with E-state index in [2.05, 4.69) is 39.3 Å². The first-order chi connectivity index (χ1) is 9.72.